The highest BCUT2D eigenvalue weighted by Gasteiger charge is 2.27. The number of thiazole rings is 1. The Bertz CT molecular complexity index is 1120. The lowest BCUT2D eigenvalue weighted by molar-refractivity contribution is -0.385. The topological polar surface area (TPSA) is 79.6 Å². The predicted molar refractivity (Wildman–Crippen MR) is 115 cm³/mol. The van der Waals surface area contributed by atoms with Crippen molar-refractivity contribution < 1.29 is 9.72 Å². The van der Waals surface area contributed by atoms with Gasteiger partial charge in [0, 0.05) is 48.4 Å². The molecule has 29 heavy (non-hydrogen) atoms. The van der Waals surface area contributed by atoms with Gasteiger partial charge in [-0.2, -0.15) is 0 Å². The molecule has 0 aliphatic carbocycles. The fourth-order valence-electron chi connectivity index (χ4n) is 3.55. The number of aromatic nitrogens is 1. The smallest absolute Gasteiger partial charge is 0.273 e. The molecule has 0 unspecified atom stereocenters. The SMILES string of the molecule is Cc1c(C(=O)N2CCN(c3nc4c(C)c(Cl)ccc4s3)CC2)cccc1[N+](=O)[O-]. The van der Waals surface area contributed by atoms with E-state index in [4.69, 9.17) is 16.6 Å². The minimum Gasteiger partial charge on any atom is -0.345 e. The first-order chi connectivity index (χ1) is 13.9. The average molecular weight is 431 g/mol. The van der Waals surface area contributed by atoms with Crippen LogP contribution in [0.5, 0.6) is 0 Å². The van der Waals surface area contributed by atoms with Crippen LogP contribution in [0.25, 0.3) is 10.2 Å². The van der Waals surface area contributed by atoms with Gasteiger partial charge in [0.05, 0.1) is 15.1 Å². The minimum absolute atomic E-state index is 0.0296. The summed E-state index contributed by atoms with van der Waals surface area (Å²) in [6.45, 7) is 5.98. The van der Waals surface area contributed by atoms with Crippen molar-refractivity contribution in [3.63, 3.8) is 0 Å². The summed E-state index contributed by atoms with van der Waals surface area (Å²) < 4.78 is 1.09. The Morgan fingerprint density at radius 2 is 1.86 bits per heavy atom. The van der Waals surface area contributed by atoms with E-state index in [2.05, 4.69) is 4.90 Å². The van der Waals surface area contributed by atoms with Crippen LogP contribution in [0.15, 0.2) is 30.3 Å². The maximum atomic E-state index is 12.9. The van der Waals surface area contributed by atoms with E-state index in [1.807, 2.05) is 19.1 Å². The first kappa shape index (κ1) is 19.6. The van der Waals surface area contributed by atoms with Crippen LogP contribution in [-0.2, 0) is 0 Å². The number of benzene rings is 2. The number of hydrogen-bond donors (Lipinski definition) is 0. The zero-order chi connectivity index (χ0) is 20.7. The van der Waals surface area contributed by atoms with E-state index in [-0.39, 0.29) is 11.6 Å². The van der Waals surface area contributed by atoms with Gasteiger partial charge in [-0.15, -0.1) is 0 Å². The summed E-state index contributed by atoms with van der Waals surface area (Å²) in [6.07, 6.45) is 0. The molecule has 1 saturated heterocycles. The second-order valence-electron chi connectivity index (χ2n) is 7.00. The van der Waals surface area contributed by atoms with Crippen LogP contribution in [0, 0.1) is 24.0 Å². The molecular weight excluding hydrogens is 412 g/mol. The van der Waals surface area contributed by atoms with E-state index in [9.17, 15) is 14.9 Å². The fourth-order valence-corrected chi connectivity index (χ4v) is 4.78. The van der Waals surface area contributed by atoms with Crippen molar-refractivity contribution in [3.8, 4) is 0 Å². The molecule has 9 heteroatoms. The van der Waals surface area contributed by atoms with Crippen LogP contribution >= 0.6 is 22.9 Å². The van der Waals surface area contributed by atoms with E-state index in [1.165, 1.54) is 6.07 Å². The second kappa shape index (κ2) is 7.61. The summed E-state index contributed by atoms with van der Waals surface area (Å²) in [5.41, 5.74) is 2.66. The molecule has 0 radical (unpaired) electrons. The molecule has 1 amide bonds. The molecular formula is C20H19ClN4O3S. The second-order valence-corrected chi connectivity index (χ2v) is 8.42. The van der Waals surface area contributed by atoms with Crippen molar-refractivity contribution in [2.45, 2.75) is 13.8 Å². The summed E-state index contributed by atoms with van der Waals surface area (Å²) in [5.74, 6) is -0.169. The van der Waals surface area contributed by atoms with Gasteiger partial charge < -0.3 is 9.80 Å². The standard InChI is InChI=1S/C20H19ClN4O3S/c1-12-14(4-3-5-16(12)25(27)28)19(26)23-8-10-24(11-9-23)20-22-18-13(2)15(21)6-7-17(18)29-20/h3-7H,8-11H2,1-2H3. The van der Waals surface area contributed by atoms with Crippen LogP contribution in [-0.4, -0.2) is 46.9 Å². The Kier molecular flexibility index (Phi) is 5.14. The maximum absolute atomic E-state index is 12.9. The van der Waals surface area contributed by atoms with Gasteiger partial charge in [-0.1, -0.05) is 29.0 Å². The number of hydrogen-bond acceptors (Lipinski definition) is 6. The minimum atomic E-state index is -0.453. The molecule has 2 aromatic carbocycles. The van der Waals surface area contributed by atoms with Crippen molar-refractivity contribution in [2.75, 3.05) is 31.1 Å². The summed E-state index contributed by atoms with van der Waals surface area (Å²) in [6, 6.07) is 8.50. The number of nitro groups is 1. The molecule has 3 aromatic rings. The monoisotopic (exact) mass is 430 g/mol. The molecule has 4 rings (SSSR count). The Morgan fingerprint density at radius 3 is 2.55 bits per heavy atom. The molecule has 0 spiro atoms. The first-order valence-corrected chi connectivity index (χ1v) is 10.4. The quantitative estimate of drug-likeness (QED) is 0.453. The highest BCUT2D eigenvalue weighted by atomic mass is 35.5. The lowest BCUT2D eigenvalue weighted by atomic mass is 10.1. The Hall–Kier alpha value is -2.71. The van der Waals surface area contributed by atoms with E-state index in [1.54, 1.807) is 35.3 Å². The molecule has 2 heterocycles. The van der Waals surface area contributed by atoms with Crippen LogP contribution in [0.1, 0.15) is 21.5 Å². The van der Waals surface area contributed by atoms with E-state index in [0.29, 0.717) is 42.3 Å². The zero-order valence-electron chi connectivity index (χ0n) is 16.0. The number of amides is 1. The first-order valence-electron chi connectivity index (χ1n) is 9.20. The number of carbonyl (C=O) groups is 1. The fraction of sp³-hybridized carbons (Fsp3) is 0.300. The number of rotatable bonds is 3. The van der Waals surface area contributed by atoms with E-state index >= 15 is 0 Å². The molecule has 1 fully saturated rings. The molecule has 1 aromatic heterocycles. The number of halogens is 1. The lowest BCUT2D eigenvalue weighted by Crippen LogP contribution is -2.48. The molecule has 0 atom stereocenters. The molecule has 150 valence electrons. The molecule has 1 aliphatic rings. The predicted octanol–water partition coefficient (Wildman–Crippen LogP) is 4.44. The third-order valence-electron chi connectivity index (χ3n) is 5.31. The summed E-state index contributed by atoms with van der Waals surface area (Å²) in [7, 11) is 0. The maximum Gasteiger partial charge on any atom is 0.273 e. The number of carbonyl (C=O) groups excluding carboxylic acids is 1. The largest absolute Gasteiger partial charge is 0.345 e. The Labute approximate surface area is 176 Å². The van der Waals surface area contributed by atoms with Gasteiger partial charge >= 0.3 is 0 Å². The number of anilines is 1. The molecule has 0 bridgehead atoms. The van der Waals surface area contributed by atoms with Crippen molar-refractivity contribution in [3.05, 3.63) is 62.2 Å². The van der Waals surface area contributed by atoms with E-state index in [0.717, 1.165) is 20.9 Å². The van der Waals surface area contributed by atoms with Gasteiger partial charge in [0.25, 0.3) is 11.6 Å². The number of piperazine rings is 1. The lowest BCUT2D eigenvalue weighted by Gasteiger charge is -2.34. The highest BCUT2D eigenvalue weighted by molar-refractivity contribution is 7.22. The van der Waals surface area contributed by atoms with Gasteiger partial charge in [-0.25, -0.2) is 4.98 Å². The zero-order valence-corrected chi connectivity index (χ0v) is 17.6. The van der Waals surface area contributed by atoms with Gasteiger partial charge in [-0.05, 0) is 37.6 Å². The summed E-state index contributed by atoms with van der Waals surface area (Å²) in [5, 5.41) is 12.8. The summed E-state index contributed by atoms with van der Waals surface area (Å²) in [4.78, 5) is 32.3. The van der Waals surface area contributed by atoms with Gasteiger partial charge in [0.2, 0.25) is 0 Å². The van der Waals surface area contributed by atoms with Crippen molar-refractivity contribution in [1.29, 1.82) is 0 Å². The van der Waals surface area contributed by atoms with Gasteiger partial charge in [0.1, 0.15) is 0 Å². The number of aryl methyl sites for hydroxylation is 1. The summed E-state index contributed by atoms with van der Waals surface area (Å²) >= 11 is 7.82. The van der Waals surface area contributed by atoms with Crippen LogP contribution in [0.3, 0.4) is 0 Å². The Balaban J connectivity index is 1.50. The molecule has 0 N–H and O–H groups in total. The Morgan fingerprint density at radius 1 is 1.14 bits per heavy atom. The van der Waals surface area contributed by atoms with E-state index < -0.39 is 4.92 Å². The van der Waals surface area contributed by atoms with Crippen molar-refractivity contribution >= 4 is 49.9 Å². The number of nitro benzene ring substituents is 1. The molecule has 7 nitrogen and oxygen atoms in total. The van der Waals surface area contributed by atoms with Crippen LogP contribution in [0.2, 0.25) is 5.02 Å². The van der Waals surface area contributed by atoms with Gasteiger partial charge in [0.15, 0.2) is 5.13 Å². The van der Waals surface area contributed by atoms with Gasteiger partial charge in [-0.3, -0.25) is 14.9 Å². The third kappa shape index (κ3) is 3.54. The van der Waals surface area contributed by atoms with Crippen molar-refractivity contribution in [1.82, 2.24) is 9.88 Å². The molecule has 1 aliphatic heterocycles. The third-order valence-corrected chi connectivity index (χ3v) is 6.80. The molecule has 0 saturated carbocycles. The normalized spacial score (nSPS) is 14.4. The van der Waals surface area contributed by atoms with Crippen LogP contribution < -0.4 is 4.90 Å². The number of fused-ring (bicyclic) bond motifs is 1. The number of nitrogens with zero attached hydrogens (tertiary/aromatic N) is 4. The van der Waals surface area contributed by atoms with Crippen LogP contribution in [0.4, 0.5) is 10.8 Å². The average Bonchev–Trinajstić information content (AvgIpc) is 3.15. The van der Waals surface area contributed by atoms with Crippen molar-refractivity contribution in [2.24, 2.45) is 0 Å². The highest BCUT2D eigenvalue weighted by Crippen LogP contribution is 2.34.